The molecule has 0 spiro atoms. The molecule has 4 aromatic rings. The van der Waals surface area contributed by atoms with Crippen molar-refractivity contribution in [3.8, 4) is 11.8 Å². The van der Waals surface area contributed by atoms with Gasteiger partial charge in [0.1, 0.15) is 5.75 Å². The van der Waals surface area contributed by atoms with E-state index in [9.17, 15) is 9.59 Å². The number of rotatable bonds is 10. The van der Waals surface area contributed by atoms with Gasteiger partial charge in [0.2, 0.25) is 0 Å². The maximum absolute atomic E-state index is 12.8. The molecule has 228 valence electrons. The molecule has 1 aromatic heterocycles. The SMILES string of the molecule is CCOC(=O)C1=C(C)NC(=S)N[C@@H]1c1ccccc1OCC(=O)NN=Cc1c(C)n(Cc2ccc(C#N)cc2)c2ccccc12. The van der Waals surface area contributed by atoms with Crippen LogP contribution in [-0.2, 0) is 20.9 Å². The highest BCUT2D eigenvalue weighted by molar-refractivity contribution is 7.80. The van der Waals surface area contributed by atoms with Gasteiger partial charge in [0.05, 0.1) is 36.1 Å². The molecule has 11 heteroatoms. The van der Waals surface area contributed by atoms with Crippen molar-refractivity contribution in [2.24, 2.45) is 5.10 Å². The van der Waals surface area contributed by atoms with Gasteiger partial charge < -0.3 is 24.7 Å². The first-order chi connectivity index (χ1) is 21.8. The second kappa shape index (κ2) is 13.9. The summed E-state index contributed by atoms with van der Waals surface area (Å²) in [6.07, 6.45) is 1.64. The standard InChI is InChI=1S/C34H32N6O4S/c1-4-43-33(42)31-21(2)37-34(45)38-32(31)26-10-6-8-12-29(26)44-20-30(41)39-36-18-27-22(3)40(28-11-7-5-9-25(27)28)19-24-15-13-23(17-35)14-16-24/h5-16,18,32H,4,19-20H2,1-3H3,(H,39,41)(H2,37,38,45)/t32-/m1/s1. The summed E-state index contributed by atoms with van der Waals surface area (Å²) in [5, 5.41) is 20.8. The first-order valence-corrected chi connectivity index (χ1v) is 14.8. The lowest BCUT2D eigenvalue weighted by Crippen LogP contribution is -2.45. The van der Waals surface area contributed by atoms with Crippen LogP contribution in [0, 0.1) is 18.3 Å². The highest BCUT2D eigenvalue weighted by atomic mass is 32.1. The number of carbonyl (C=O) groups excluding carboxylic acids is 2. The third kappa shape index (κ3) is 6.87. The van der Waals surface area contributed by atoms with Gasteiger partial charge in [-0.1, -0.05) is 48.5 Å². The van der Waals surface area contributed by atoms with Gasteiger partial charge >= 0.3 is 5.97 Å². The highest BCUT2D eigenvalue weighted by Crippen LogP contribution is 2.33. The molecular formula is C34H32N6O4S. The van der Waals surface area contributed by atoms with Crippen molar-refractivity contribution in [1.29, 1.82) is 5.26 Å². The van der Waals surface area contributed by atoms with E-state index in [2.05, 4.69) is 31.8 Å². The number of benzene rings is 3. The lowest BCUT2D eigenvalue weighted by Gasteiger charge is -2.30. The van der Waals surface area contributed by atoms with E-state index in [1.54, 1.807) is 38.3 Å². The molecule has 10 nitrogen and oxygen atoms in total. The Balaban J connectivity index is 1.29. The topological polar surface area (TPSA) is 130 Å². The van der Waals surface area contributed by atoms with Gasteiger partial charge in [0, 0.05) is 40.0 Å². The minimum atomic E-state index is -0.625. The van der Waals surface area contributed by atoms with Crippen molar-refractivity contribution in [3.63, 3.8) is 0 Å². The summed E-state index contributed by atoms with van der Waals surface area (Å²) in [7, 11) is 0. The first-order valence-electron chi connectivity index (χ1n) is 14.4. The lowest BCUT2D eigenvalue weighted by atomic mass is 9.95. The summed E-state index contributed by atoms with van der Waals surface area (Å²) < 4.78 is 13.4. The van der Waals surface area contributed by atoms with Crippen LogP contribution in [-0.4, -0.2) is 41.0 Å². The number of ether oxygens (including phenoxy) is 2. The Labute approximate surface area is 266 Å². The van der Waals surface area contributed by atoms with E-state index in [4.69, 9.17) is 27.0 Å². The minimum absolute atomic E-state index is 0.225. The minimum Gasteiger partial charge on any atom is -0.483 e. The van der Waals surface area contributed by atoms with Crippen molar-refractivity contribution in [3.05, 3.63) is 112 Å². The molecule has 0 unspecified atom stereocenters. The second-order valence-electron chi connectivity index (χ2n) is 10.3. The largest absolute Gasteiger partial charge is 0.483 e. The van der Waals surface area contributed by atoms with Crippen LogP contribution >= 0.6 is 12.2 Å². The van der Waals surface area contributed by atoms with Crippen LogP contribution in [0.3, 0.4) is 0 Å². The fraction of sp³-hybridized carbons (Fsp3) is 0.206. The number of nitrogens with zero attached hydrogens (tertiary/aromatic N) is 3. The van der Waals surface area contributed by atoms with Crippen molar-refractivity contribution in [2.75, 3.05) is 13.2 Å². The zero-order chi connectivity index (χ0) is 31.9. The van der Waals surface area contributed by atoms with Gasteiger partial charge in [-0.05, 0) is 62.8 Å². The molecule has 0 fully saturated rings. The van der Waals surface area contributed by atoms with Crippen LogP contribution in [0.4, 0.5) is 0 Å². The molecule has 0 radical (unpaired) electrons. The molecule has 3 aromatic carbocycles. The molecule has 1 atom stereocenters. The fourth-order valence-corrected chi connectivity index (χ4v) is 5.56. The summed E-state index contributed by atoms with van der Waals surface area (Å²) >= 11 is 5.34. The van der Waals surface area contributed by atoms with E-state index in [0.29, 0.717) is 39.8 Å². The molecule has 1 aliphatic rings. The Bertz CT molecular complexity index is 1870. The molecule has 0 aliphatic carbocycles. The van der Waals surface area contributed by atoms with Crippen molar-refractivity contribution < 1.29 is 19.1 Å². The number of hydrogen-bond acceptors (Lipinski definition) is 7. The quantitative estimate of drug-likeness (QED) is 0.100. The maximum Gasteiger partial charge on any atom is 0.338 e. The normalized spacial score (nSPS) is 14.5. The number of allylic oxidation sites excluding steroid dienone is 1. The van der Waals surface area contributed by atoms with Crippen LogP contribution in [0.1, 0.15) is 47.8 Å². The summed E-state index contributed by atoms with van der Waals surface area (Å²) in [4.78, 5) is 25.6. The Hall–Kier alpha value is -5.47. The number of carbonyl (C=O) groups is 2. The number of nitriles is 1. The van der Waals surface area contributed by atoms with E-state index in [0.717, 1.165) is 27.7 Å². The molecule has 3 N–H and O–H groups in total. The van der Waals surface area contributed by atoms with Crippen molar-refractivity contribution in [2.45, 2.75) is 33.4 Å². The summed E-state index contributed by atoms with van der Waals surface area (Å²) in [5.41, 5.74) is 8.72. The molecule has 45 heavy (non-hydrogen) atoms. The number of fused-ring (bicyclic) bond motifs is 1. The number of thiocarbonyl (C=S) groups is 1. The molecule has 0 saturated heterocycles. The zero-order valence-corrected chi connectivity index (χ0v) is 25.9. The van der Waals surface area contributed by atoms with Crippen LogP contribution in [0.2, 0.25) is 0 Å². The van der Waals surface area contributed by atoms with E-state index in [1.165, 1.54) is 0 Å². The number of para-hydroxylation sites is 2. The van der Waals surface area contributed by atoms with Gasteiger partial charge in [0.15, 0.2) is 11.7 Å². The lowest BCUT2D eigenvalue weighted by molar-refractivity contribution is -0.139. The molecule has 1 amide bonds. The summed E-state index contributed by atoms with van der Waals surface area (Å²) in [6.45, 7) is 6.05. The molecule has 1 aliphatic heterocycles. The van der Waals surface area contributed by atoms with Gasteiger partial charge in [0.25, 0.3) is 5.91 Å². The predicted molar refractivity (Wildman–Crippen MR) is 176 cm³/mol. The molecule has 0 saturated carbocycles. The van der Waals surface area contributed by atoms with E-state index in [1.807, 2.05) is 61.5 Å². The number of hydrogen-bond donors (Lipinski definition) is 3. The number of hydrazone groups is 1. The van der Waals surface area contributed by atoms with E-state index >= 15 is 0 Å². The summed E-state index contributed by atoms with van der Waals surface area (Å²) in [6, 6.07) is 24.2. The molecule has 5 rings (SSSR count). The highest BCUT2D eigenvalue weighted by Gasteiger charge is 2.32. The van der Waals surface area contributed by atoms with Gasteiger partial charge in [-0.2, -0.15) is 10.4 Å². The van der Waals surface area contributed by atoms with Crippen molar-refractivity contribution >= 4 is 46.3 Å². The average molecular weight is 621 g/mol. The second-order valence-corrected chi connectivity index (χ2v) is 10.7. The molecule has 0 bridgehead atoms. The average Bonchev–Trinajstić information content (AvgIpc) is 3.30. The molecule has 2 heterocycles. The zero-order valence-electron chi connectivity index (χ0n) is 25.1. The number of nitrogens with one attached hydrogen (secondary N) is 3. The van der Waals surface area contributed by atoms with Crippen LogP contribution in [0.15, 0.2) is 89.2 Å². The molecular weight excluding hydrogens is 588 g/mol. The number of amides is 1. The van der Waals surface area contributed by atoms with Crippen LogP contribution in [0.25, 0.3) is 10.9 Å². The van der Waals surface area contributed by atoms with Gasteiger partial charge in [-0.3, -0.25) is 4.79 Å². The predicted octanol–water partition coefficient (Wildman–Crippen LogP) is 4.75. The monoisotopic (exact) mass is 620 g/mol. The fourth-order valence-electron chi connectivity index (χ4n) is 5.29. The van der Waals surface area contributed by atoms with Crippen molar-refractivity contribution in [1.82, 2.24) is 20.6 Å². The van der Waals surface area contributed by atoms with Crippen LogP contribution < -0.4 is 20.8 Å². The Morgan fingerprint density at radius 2 is 1.82 bits per heavy atom. The third-order valence-electron chi connectivity index (χ3n) is 7.44. The maximum atomic E-state index is 12.8. The summed E-state index contributed by atoms with van der Waals surface area (Å²) in [5.74, 6) is -0.515. The Morgan fingerprint density at radius 1 is 1.09 bits per heavy atom. The van der Waals surface area contributed by atoms with Crippen LogP contribution in [0.5, 0.6) is 5.75 Å². The smallest absolute Gasteiger partial charge is 0.338 e. The third-order valence-corrected chi connectivity index (χ3v) is 7.66. The Morgan fingerprint density at radius 3 is 2.58 bits per heavy atom. The van der Waals surface area contributed by atoms with E-state index in [-0.39, 0.29) is 13.2 Å². The first kappa shape index (κ1) is 31.0. The van der Waals surface area contributed by atoms with Gasteiger partial charge in [-0.25, -0.2) is 10.2 Å². The number of aromatic nitrogens is 1. The Kier molecular flexibility index (Phi) is 9.55. The van der Waals surface area contributed by atoms with E-state index < -0.39 is 17.9 Å². The van der Waals surface area contributed by atoms with Gasteiger partial charge in [-0.15, -0.1) is 0 Å². The number of esters is 1.